The van der Waals surface area contributed by atoms with E-state index in [4.69, 9.17) is 0 Å². The second-order valence-corrected chi connectivity index (χ2v) is 7.42. The Balaban J connectivity index is 1.30. The van der Waals surface area contributed by atoms with Gasteiger partial charge in [-0.1, -0.05) is 6.07 Å². The number of fused-ring (bicyclic) bond motifs is 1. The highest BCUT2D eigenvalue weighted by Crippen LogP contribution is 2.22. The average molecular weight is 367 g/mol. The van der Waals surface area contributed by atoms with Crippen molar-refractivity contribution < 1.29 is 4.79 Å². The summed E-state index contributed by atoms with van der Waals surface area (Å²) < 4.78 is 1.12. The molecule has 1 aliphatic heterocycles. The van der Waals surface area contributed by atoms with Gasteiger partial charge in [-0.05, 0) is 50.1 Å². The smallest absolute Gasteiger partial charge is 0.319 e. The lowest BCUT2D eigenvalue weighted by molar-refractivity contribution is 0.246. The topological polar surface area (TPSA) is 70.2 Å². The molecule has 1 saturated heterocycles. The van der Waals surface area contributed by atoms with Crippen LogP contribution in [0.1, 0.15) is 18.5 Å². The second kappa shape index (κ2) is 7.29. The Morgan fingerprint density at radius 3 is 2.88 bits per heavy atom. The lowest BCUT2D eigenvalue weighted by Crippen LogP contribution is -2.46. The number of rotatable bonds is 3. The predicted octanol–water partition coefficient (Wildman–Crippen LogP) is 3.79. The molecular formula is C19H21N5OS. The Kier molecular flexibility index (Phi) is 4.71. The average Bonchev–Trinajstić information content (AvgIpc) is 3.10. The normalized spacial score (nSPS) is 15.2. The number of urea groups is 1. The lowest BCUT2D eigenvalue weighted by Gasteiger charge is -2.33. The molecule has 0 spiro atoms. The minimum absolute atomic E-state index is 0.160. The molecule has 4 rings (SSSR count). The third-order valence-corrected chi connectivity index (χ3v) is 5.43. The van der Waals surface area contributed by atoms with Crippen molar-refractivity contribution in [2.45, 2.75) is 25.8 Å². The molecule has 2 N–H and O–H groups in total. The molecular weight excluding hydrogens is 346 g/mol. The highest BCUT2D eigenvalue weighted by Gasteiger charge is 2.21. The quantitative estimate of drug-likeness (QED) is 0.739. The van der Waals surface area contributed by atoms with Crippen molar-refractivity contribution in [3.8, 4) is 0 Å². The molecule has 3 aromatic rings. The molecule has 0 saturated carbocycles. The lowest BCUT2D eigenvalue weighted by atomic mass is 10.1. The number of nitrogens with zero attached hydrogens (tertiary/aromatic N) is 3. The first-order valence-electron chi connectivity index (χ1n) is 8.77. The van der Waals surface area contributed by atoms with Crippen LogP contribution in [0.25, 0.3) is 10.2 Å². The van der Waals surface area contributed by atoms with Crippen LogP contribution in [0.4, 0.5) is 16.3 Å². The van der Waals surface area contributed by atoms with Gasteiger partial charge in [-0.2, -0.15) is 0 Å². The van der Waals surface area contributed by atoms with Crippen LogP contribution in [0, 0.1) is 6.92 Å². The summed E-state index contributed by atoms with van der Waals surface area (Å²) in [5.41, 5.74) is 4.51. The monoisotopic (exact) mass is 367 g/mol. The maximum absolute atomic E-state index is 12.3. The molecule has 1 aromatic carbocycles. The molecule has 26 heavy (non-hydrogen) atoms. The summed E-state index contributed by atoms with van der Waals surface area (Å²) in [4.78, 5) is 23.4. The zero-order chi connectivity index (χ0) is 17.9. The van der Waals surface area contributed by atoms with Gasteiger partial charge in [-0.25, -0.2) is 14.8 Å². The summed E-state index contributed by atoms with van der Waals surface area (Å²) in [6.07, 6.45) is 1.82. The molecule has 134 valence electrons. The summed E-state index contributed by atoms with van der Waals surface area (Å²) in [7, 11) is 0. The molecule has 0 atom stereocenters. The van der Waals surface area contributed by atoms with E-state index in [0.717, 1.165) is 53.3 Å². The van der Waals surface area contributed by atoms with Crippen LogP contribution in [0.5, 0.6) is 0 Å². The molecule has 0 aliphatic carbocycles. The van der Waals surface area contributed by atoms with Gasteiger partial charge < -0.3 is 15.5 Å². The zero-order valence-corrected chi connectivity index (χ0v) is 15.4. The minimum Gasteiger partial charge on any atom is -0.356 e. The summed E-state index contributed by atoms with van der Waals surface area (Å²) in [6, 6.07) is 11.9. The summed E-state index contributed by atoms with van der Waals surface area (Å²) in [5.74, 6) is 1.02. The van der Waals surface area contributed by atoms with E-state index in [1.54, 1.807) is 11.3 Å². The minimum atomic E-state index is -0.160. The van der Waals surface area contributed by atoms with Gasteiger partial charge in [0, 0.05) is 30.5 Å². The molecule has 0 unspecified atom stereocenters. The van der Waals surface area contributed by atoms with Crippen LogP contribution in [-0.2, 0) is 0 Å². The van der Waals surface area contributed by atoms with Gasteiger partial charge in [0.05, 0.1) is 15.7 Å². The molecule has 2 aromatic heterocycles. The van der Waals surface area contributed by atoms with Crippen molar-refractivity contribution in [1.82, 2.24) is 15.3 Å². The van der Waals surface area contributed by atoms with Gasteiger partial charge in [0.1, 0.15) is 5.82 Å². The van der Waals surface area contributed by atoms with Gasteiger partial charge in [0.2, 0.25) is 0 Å². The summed E-state index contributed by atoms with van der Waals surface area (Å²) >= 11 is 1.59. The number of aryl methyl sites for hydroxylation is 1. The zero-order valence-electron chi connectivity index (χ0n) is 14.6. The van der Waals surface area contributed by atoms with Crippen molar-refractivity contribution >= 4 is 39.1 Å². The SMILES string of the molecule is Cc1cccc(N2CCC(NC(=O)Nc3ccc4scnc4c3)CC2)n1. The number of carbonyl (C=O) groups is 1. The van der Waals surface area contributed by atoms with E-state index < -0.39 is 0 Å². The molecule has 7 heteroatoms. The number of amides is 2. The van der Waals surface area contributed by atoms with E-state index in [1.165, 1.54) is 0 Å². The highest BCUT2D eigenvalue weighted by molar-refractivity contribution is 7.16. The number of aromatic nitrogens is 2. The number of carbonyl (C=O) groups excluding carboxylic acids is 1. The number of nitrogens with one attached hydrogen (secondary N) is 2. The predicted molar refractivity (Wildman–Crippen MR) is 106 cm³/mol. The third kappa shape index (κ3) is 3.77. The number of hydrogen-bond donors (Lipinski definition) is 2. The largest absolute Gasteiger partial charge is 0.356 e. The molecule has 0 radical (unpaired) electrons. The molecule has 1 fully saturated rings. The van der Waals surface area contributed by atoms with Gasteiger partial charge >= 0.3 is 6.03 Å². The second-order valence-electron chi connectivity index (χ2n) is 6.53. The van der Waals surface area contributed by atoms with E-state index in [0.29, 0.717) is 0 Å². The van der Waals surface area contributed by atoms with Crippen LogP contribution >= 0.6 is 11.3 Å². The van der Waals surface area contributed by atoms with Gasteiger partial charge in [-0.15, -0.1) is 11.3 Å². The van der Waals surface area contributed by atoms with Crippen molar-refractivity contribution in [3.05, 3.63) is 47.6 Å². The first-order valence-corrected chi connectivity index (χ1v) is 9.65. The number of anilines is 2. The fourth-order valence-corrected chi connectivity index (χ4v) is 3.90. The fraction of sp³-hybridized carbons (Fsp3) is 0.316. The summed E-state index contributed by atoms with van der Waals surface area (Å²) in [6.45, 7) is 3.80. The van der Waals surface area contributed by atoms with Crippen LogP contribution in [0.15, 0.2) is 41.9 Å². The van der Waals surface area contributed by atoms with Crippen LogP contribution in [0.3, 0.4) is 0 Å². The first-order chi connectivity index (χ1) is 12.7. The van der Waals surface area contributed by atoms with Gasteiger partial charge in [-0.3, -0.25) is 0 Å². The van der Waals surface area contributed by atoms with Crippen molar-refractivity contribution in [2.24, 2.45) is 0 Å². The Hall–Kier alpha value is -2.67. The van der Waals surface area contributed by atoms with E-state index in [-0.39, 0.29) is 12.1 Å². The van der Waals surface area contributed by atoms with E-state index in [2.05, 4.69) is 25.5 Å². The van der Waals surface area contributed by atoms with E-state index in [1.807, 2.05) is 48.8 Å². The Morgan fingerprint density at radius 1 is 1.23 bits per heavy atom. The maximum atomic E-state index is 12.3. The molecule has 2 amide bonds. The maximum Gasteiger partial charge on any atom is 0.319 e. The standard InChI is InChI=1S/C19H21N5OS/c1-13-3-2-4-18(21-13)24-9-7-14(8-10-24)22-19(25)23-15-5-6-17-16(11-15)20-12-26-17/h2-6,11-12,14H,7-10H2,1H3,(H2,22,23,25). The van der Waals surface area contributed by atoms with Gasteiger partial charge in [0.15, 0.2) is 0 Å². The third-order valence-electron chi connectivity index (χ3n) is 4.62. The molecule has 3 heterocycles. The number of thiazole rings is 1. The first kappa shape index (κ1) is 16.8. The number of benzene rings is 1. The van der Waals surface area contributed by atoms with Crippen molar-refractivity contribution in [2.75, 3.05) is 23.3 Å². The van der Waals surface area contributed by atoms with Crippen molar-refractivity contribution in [1.29, 1.82) is 0 Å². The molecule has 6 nitrogen and oxygen atoms in total. The van der Waals surface area contributed by atoms with Gasteiger partial charge in [0.25, 0.3) is 0 Å². The van der Waals surface area contributed by atoms with E-state index in [9.17, 15) is 4.79 Å². The van der Waals surface area contributed by atoms with Crippen LogP contribution in [0.2, 0.25) is 0 Å². The number of hydrogen-bond acceptors (Lipinski definition) is 5. The number of piperidine rings is 1. The number of pyridine rings is 1. The Labute approximate surface area is 156 Å². The molecule has 0 bridgehead atoms. The van der Waals surface area contributed by atoms with Crippen LogP contribution in [-0.4, -0.2) is 35.1 Å². The molecule has 1 aliphatic rings. The Bertz CT molecular complexity index is 917. The summed E-state index contributed by atoms with van der Waals surface area (Å²) in [5, 5.41) is 5.99. The van der Waals surface area contributed by atoms with Crippen molar-refractivity contribution in [3.63, 3.8) is 0 Å². The highest BCUT2D eigenvalue weighted by atomic mass is 32.1. The van der Waals surface area contributed by atoms with E-state index >= 15 is 0 Å². The fourth-order valence-electron chi connectivity index (χ4n) is 3.25. The Morgan fingerprint density at radius 2 is 2.08 bits per heavy atom. The van der Waals surface area contributed by atoms with Crippen LogP contribution < -0.4 is 15.5 Å².